The highest BCUT2D eigenvalue weighted by Gasteiger charge is 2.19. The first kappa shape index (κ1) is 19.9. The zero-order valence-corrected chi connectivity index (χ0v) is 15.6. The second-order valence-corrected chi connectivity index (χ2v) is 6.35. The Morgan fingerprint density at radius 1 is 0.897 bits per heavy atom. The molecular formula is C23H20FN3O2. The molecule has 0 fully saturated rings. The Kier molecular flexibility index (Phi) is 6.84. The van der Waals surface area contributed by atoms with Gasteiger partial charge in [-0.1, -0.05) is 60.7 Å². The number of rotatable bonds is 7. The molecule has 0 radical (unpaired) electrons. The molecule has 0 heterocycles. The van der Waals surface area contributed by atoms with Crippen molar-refractivity contribution >= 4 is 18.0 Å². The van der Waals surface area contributed by atoms with Crippen molar-refractivity contribution in [1.29, 1.82) is 0 Å². The molecule has 2 amide bonds. The Morgan fingerprint density at radius 3 is 2.17 bits per heavy atom. The van der Waals surface area contributed by atoms with Crippen molar-refractivity contribution < 1.29 is 14.0 Å². The summed E-state index contributed by atoms with van der Waals surface area (Å²) in [6.45, 7) is 0. The smallest absolute Gasteiger partial charge is 0.251 e. The summed E-state index contributed by atoms with van der Waals surface area (Å²) >= 11 is 0. The quantitative estimate of drug-likeness (QED) is 0.476. The molecule has 29 heavy (non-hydrogen) atoms. The molecule has 0 spiro atoms. The number of nitrogens with zero attached hydrogens (tertiary/aromatic N) is 1. The second-order valence-electron chi connectivity index (χ2n) is 6.35. The Balaban J connectivity index is 1.65. The summed E-state index contributed by atoms with van der Waals surface area (Å²) in [4.78, 5) is 24.9. The molecule has 0 aromatic heterocycles. The van der Waals surface area contributed by atoms with Crippen LogP contribution in [0.5, 0.6) is 0 Å². The molecular weight excluding hydrogens is 369 g/mol. The highest BCUT2D eigenvalue weighted by atomic mass is 19.1. The number of carbonyl (C=O) groups excluding carboxylic acids is 2. The maximum atomic E-state index is 12.9. The lowest BCUT2D eigenvalue weighted by molar-refractivity contribution is -0.121. The lowest BCUT2D eigenvalue weighted by Gasteiger charge is -2.18. The van der Waals surface area contributed by atoms with Gasteiger partial charge >= 0.3 is 0 Å². The minimum absolute atomic E-state index is 0.0172. The van der Waals surface area contributed by atoms with Gasteiger partial charge in [0.25, 0.3) is 5.91 Å². The van der Waals surface area contributed by atoms with E-state index in [1.54, 1.807) is 36.4 Å². The van der Waals surface area contributed by atoms with Gasteiger partial charge in [-0.3, -0.25) is 9.59 Å². The van der Waals surface area contributed by atoms with E-state index in [1.165, 1.54) is 18.3 Å². The van der Waals surface area contributed by atoms with Gasteiger partial charge in [0.15, 0.2) is 0 Å². The summed E-state index contributed by atoms with van der Waals surface area (Å²) in [5.74, 6) is -0.960. The van der Waals surface area contributed by atoms with Gasteiger partial charge in [-0.25, -0.2) is 9.82 Å². The Morgan fingerprint density at radius 2 is 1.52 bits per heavy atom. The van der Waals surface area contributed by atoms with E-state index >= 15 is 0 Å². The molecule has 0 aliphatic heterocycles. The van der Waals surface area contributed by atoms with Gasteiger partial charge in [-0.05, 0) is 35.4 Å². The maximum absolute atomic E-state index is 12.9. The zero-order valence-electron chi connectivity index (χ0n) is 15.6. The third kappa shape index (κ3) is 6.10. The average molecular weight is 389 g/mol. The molecule has 0 aliphatic carbocycles. The number of amides is 2. The standard InChI is InChI=1S/C23H20FN3O2/c24-20-13-11-17(12-14-20)16-25-27-22(28)15-21(18-7-3-1-4-8-18)26-23(29)19-9-5-2-6-10-19/h1-14,16,21H,15H2,(H,26,29)(H,27,28)/b25-16-/t21-/m0/s1. The Bertz CT molecular complexity index is 974. The summed E-state index contributed by atoms with van der Waals surface area (Å²) < 4.78 is 12.9. The SMILES string of the molecule is O=C(C[C@H](NC(=O)c1ccccc1)c1ccccc1)N/N=C\c1ccc(F)cc1. The highest BCUT2D eigenvalue weighted by molar-refractivity contribution is 5.94. The average Bonchev–Trinajstić information content (AvgIpc) is 2.76. The molecule has 1 atom stereocenters. The minimum Gasteiger partial charge on any atom is -0.345 e. The van der Waals surface area contributed by atoms with Crippen LogP contribution < -0.4 is 10.7 Å². The third-order valence-electron chi connectivity index (χ3n) is 4.21. The lowest BCUT2D eigenvalue weighted by Crippen LogP contribution is -2.32. The monoisotopic (exact) mass is 389 g/mol. The van der Waals surface area contributed by atoms with Crippen LogP contribution in [-0.2, 0) is 4.79 Å². The van der Waals surface area contributed by atoms with E-state index in [0.717, 1.165) is 5.56 Å². The van der Waals surface area contributed by atoms with E-state index in [1.807, 2.05) is 36.4 Å². The fraction of sp³-hybridized carbons (Fsp3) is 0.0870. The molecule has 0 saturated carbocycles. The van der Waals surface area contributed by atoms with Crippen molar-refractivity contribution in [3.63, 3.8) is 0 Å². The van der Waals surface area contributed by atoms with Crippen molar-refractivity contribution in [3.8, 4) is 0 Å². The first-order valence-electron chi connectivity index (χ1n) is 9.10. The van der Waals surface area contributed by atoms with Crippen molar-refractivity contribution in [2.24, 2.45) is 5.10 Å². The van der Waals surface area contributed by atoms with Crippen LogP contribution in [0.2, 0.25) is 0 Å². The van der Waals surface area contributed by atoms with Crippen LogP contribution in [0.25, 0.3) is 0 Å². The van der Waals surface area contributed by atoms with Gasteiger partial charge < -0.3 is 5.32 Å². The molecule has 0 bridgehead atoms. The number of hydrogen-bond acceptors (Lipinski definition) is 3. The van der Waals surface area contributed by atoms with E-state index in [9.17, 15) is 14.0 Å². The number of benzene rings is 3. The summed E-state index contributed by atoms with van der Waals surface area (Å²) in [7, 11) is 0. The van der Waals surface area contributed by atoms with E-state index in [0.29, 0.717) is 11.1 Å². The molecule has 0 saturated heterocycles. The number of hydrazone groups is 1. The topological polar surface area (TPSA) is 70.6 Å². The maximum Gasteiger partial charge on any atom is 0.251 e. The molecule has 3 aromatic rings. The van der Waals surface area contributed by atoms with Crippen molar-refractivity contribution in [3.05, 3.63) is 107 Å². The summed E-state index contributed by atoms with van der Waals surface area (Å²) in [6, 6.07) is 23.3. The van der Waals surface area contributed by atoms with Crippen molar-refractivity contribution in [2.75, 3.05) is 0 Å². The molecule has 3 rings (SSSR count). The fourth-order valence-electron chi connectivity index (χ4n) is 2.73. The number of hydrogen-bond donors (Lipinski definition) is 2. The molecule has 6 heteroatoms. The van der Waals surface area contributed by atoms with Crippen LogP contribution in [0.4, 0.5) is 4.39 Å². The van der Waals surface area contributed by atoms with Crippen LogP contribution in [0, 0.1) is 5.82 Å². The van der Waals surface area contributed by atoms with Gasteiger partial charge in [0, 0.05) is 5.56 Å². The Hall–Kier alpha value is -3.80. The van der Waals surface area contributed by atoms with Gasteiger partial charge in [0.05, 0.1) is 18.7 Å². The predicted molar refractivity (Wildman–Crippen MR) is 110 cm³/mol. The summed E-state index contributed by atoms with van der Waals surface area (Å²) in [6.07, 6.45) is 1.45. The van der Waals surface area contributed by atoms with Crippen LogP contribution in [0.15, 0.2) is 90.0 Å². The first-order valence-corrected chi connectivity index (χ1v) is 9.10. The third-order valence-corrected chi connectivity index (χ3v) is 4.21. The van der Waals surface area contributed by atoms with Gasteiger partial charge in [-0.15, -0.1) is 0 Å². The van der Waals surface area contributed by atoms with Crippen LogP contribution in [-0.4, -0.2) is 18.0 Å². The van der Waals surface area contributed by atoms with Gasteiger partial charge in [0.1, 0.15) is 5.82 Å². The number of carbonyl (C=O) groups is 2. The highest BCUT2D eigenvalue weighted by Crippen LogP contribution is 2.17. The molecule has 0 aliphatic rings. The number of nitrogens with one attached hydrogen (secondary N) is 2. The van der Waals surface area contributed by atoms with E-state index < -0.39 is 6.04 Å². The van der Waals surface area contributed by atoms with Crippen LogP contribution >= 0.6 is 0 Å². The van der Waals surface area contributed by atoms with Crippen molar-refractivity contribution in [2.45, 2.75) is 12.5 Å². The Labute approximate surface area is 168 Å². The molecule has 2 N–H and O–H groups in total. The molecule has 146 valence electrons. The second kappa shape index (κ2) is 9.94. The fourth-order valence-corrected chi connectivity index (χ4v) is 2.73. The van der Waals surface area contributed by atoms with Gasteiger partial charge in [-0.2, -0.15) is 5.10 Å². The van der Waals surface area contributed by atoms with E-state index in [4.69, 9.17) is 0 Å². The first-order chi connectivity index (χ1) is 14.1. The van der Waals surface area contributed by atoms with Crippen molar-refractivity contribution in [1.82, 2.24) is 10.7 Å². The van der Waals surface area contributed by atoms with E-state index in [2.05, 4.69) is 15.8 Å². The minimum atomic E-state index is -0.509. The largest absolute Gasteiger partial charge is 0.345 e. The van der Waals surface area contributed by atoms with Crippen LogP contribution in [0.1, 0.15) is 33.9 Å². The lowest BCUT2D eigenvalue weighted by atomic mass is 10.0. The molecule has 5 nitrogen and oxygen atoms in total. The zero-order chi connectivity index (χ0) is 20.5. The number of halogens is 1. The predicted octanol–water partition coefficient (Wildman–Crippen LogP) is 3.84. The normalized spacial score (nSPS) is 11.8. The molecule has 0 unspecified atom stereocenters. The summed E-state index contributed by atoms with van der Waals surface area (Å²) in [5.41, 5.74) is 4.43. The molecule has 3 aromatic carbocycles. The van der Waals surface area contributed by atoms with Gasteiger partial charge in [0.2, 0.25) is 5.91 Å². The summed E-state index contributed by atoms with van der Waals surface area (Å²) in [5, 5.41) is 6.80. The van der Waals surface area contributed by atoms with Crippen LogP contribution in [0.3, 0.4) is 0 Å². The van der Waals surface area contributed by atoms with E-state index in [-0.39, 0.29) is 24.1 Å².